The average Bonchev–Trinajstić information content (AvgIpc) is 3.22. The van der Waals surface area contributed by atoms with Crippen LogP contribution < -0.4 is 10.1 Å². The third-order valence-electron chi connectivity index (χ3n) is 7.15. The van der Waals surface area contributed by atoms with Gasteiger partial charge in [-0.3, -0.25) is 4.79 Å². The van der Waals surface area contributed by atoms with Crippen LogP contribution in [0.25, 0.3) is 16.5 Å². The number of Topliss-reactive ketones (excluding diaryl/α,β-unsaturated/α-hetero) is 1. The number of hydrogen-bond donors (Lipinski definition) is 1. The van der Waals surface area contributed by atoms with Crippen LogP contribution in [-0.2, 0) is 16.1 Å². The fourth-order valence-electron chi connectivity index (χ4n) is 5.35. The molecule has 5 nitrogen and oxygen atoms in total. The highest BCUT2D eigenvalue weighted by atomic mass is 35.5. The fraction of sp³-hybridized carbons (Fsp3) is 0.125. The van der Waals surface area contributed by atoms with Gasteiger partial charge in [0.1, 0.15) is 12.4 Å². The number of esters is 1. The van der Waals surface area contributed by atoms with E-state index in [1.165, 1.54) is 12.5 Å². The van der Waals surface area contributed by atoms with E-state index in [9.17, 15) is 9.59 Å². The Balaban J connectivity index is 1.35. The molecule has 1 atom stereocenters. The number of nitrogens with one attached hydrogen (secondary N) is 1. The molecule has 2 aliphatic rings. The van der Waals surface area contributed by atoms with Gasteiger partial charge >= 0.3 is 5.97 Å². The summed E-state index contributed by atoms with van der Waals surface area (Å²) < 4.78 is 11.2. The van der Waals surface area contributed by atoms with Crippen molar-refractivity contribution >= 4 is 39.8 Å². The third-order valence-corrected chi connectivity index (χ3v) is 7.45. The summed E-state index contributed by atoms with van der Waals surface area (Å²) in [5.74, 6) is -0.725. The van der Waals surface area contributed by atoms with E-state index >= 15 is 0 Å². The van der Waals surface area contributed by atoms with E-state index in [0.717, 1.165) is 16.5 Å². The number of fused-ring (bicyclic) bond motifs is 3. The van der Waals surface area contributed by atoms with Crippen LogP contribution in [0.3, 0.4) is 0 Å². The van der Waals surface area contributed by atoms with Gasteiger partial charge in [0.25, 0.3) is 0 Å². The lowest BCUT2D eigenvalue weighted by molar-refractivity contribution is -0.136. The molecule has 188 valence electrons. The fourth-order valence-corrected chi connectivity index (χ4v) is 5.59. The van der Waals surface area contributed by atoms with Gasteiger partial charge in [0.15, 0.2) is 5.78 Å². The van der Waals surface area contributed by atoms with E-state index in [2.05, 4.69) is 29.6 Å². The summed E-state index contributed by atoms with van der Waals surface area (Å²) in [7, 11) is 1.34. The van der Waals surface area contributed by atoms with E-state index in [-0.39, 0.29) is 5.78 Å². The smallest absolute Gasteiger partial charge is 0.336 e. The van der Waals surface area contributed by atoms with Crippen molar-refractivity contribution in [1.82, 2.24) is 5.32 Å². The summed E-state index contributed by atoms with van der Waals surface area (Å²) in [4.78, 5) is 26.5. The molecule has 0 unspecified atom stereocenters. The highest BCUT2D eigenvalue weighted by Crippen LogP contribution is 2.47. The van der Waals surface area contributed by atoms with Crippen molar-refractivity contribution in [2.24, 2.45) is 0 Å². The first-order valence-corrected chi connectivity index (χ1v) is 12.7. The lowest BCUT2D eigenvalue weighted by Gasteiger charge is -2.29. The molecule has 0 fully saturated rings. The van der Waals surface area contributed by atoms with Crippen molar-refractivity contribution in [3.05, 3.63) is 129 Å². The lowest BCUT2D eigenvalue weighted by atomic mass is 9.80. The van der Waals surface area contributed by atoms with Gasteiger partial charge < -0.3 is 14.8 Å². The second-order valence-electron chi connectivity index (χ2n) is 9.41. The first kappa shape index (κ1) is 24.0. The number of halogens is 1. The molecule has 0 bridgehead atoms. The Hall–Kier alpha value is -4.35. The first-order valence-electron chi connectivity index (χ1n) is 12.3. The summed E-state index contributed by atoms with van der Waals surface area (Å²) in [5.41, 5.74) is 5.41. The minimum atomic E-state index is -0.634. The molecule has 1 aliphatic carbocycles. The lowest BCUT2D eigenvalue weighted by Crippen LogP contribution is -2.29. The zero-order valence-corrected chi connectivity index (χ0v) is 21.6. The summed E-state index contributed by atoms with van der Waals surface area (Å²) in [6.07, 6.45) is 0. The Bertz CT molecular complexity index is 1700. The summed E-state index contributed by atoms with van der Waals surface area (Å²) in [6.45, 7) is 2.17. The highest BCUT2D eigenvalue weighted by molar-refractivity contribution is 6.32. The van der Waals surface area contributed by atoms with Gasteiger partial charge in [0.05, 0.1) is 23.4 Å². The maximum Gasteiger partial charge on any atom is 0.336 e. The minimum Gasteiger partial charge on any atom is -0.487 e. The van der Waals surface area contributed by atoms with Crippen LogP contribution in [0, 0.1) is 0 Å². The zero-order chi connectivity index (χ0) is 26.4. The molecule has 0 radical (unpaired) electrons. The molecule has 38 heavy (non-hydrogen) atoms. The van der Waals surface area contributed by atoms with Gasteiger partial charge in [0.2, 0.25) is 0 Å². The number of carbonyl (C=O) groups excluding carboxylic acids is 2. The van der Waals surface area contributed by atoms with Crippen molar-refractivity contribution in [2.45, 2.75) is 19.4 Å². The van der Waals surface area contributed by atoms with Gasteiger partial charge in [-0.1, -0.05) is 78.3 Å². The van der Waals surface area contributed by atoms with Gasteiger partial charge in [-0.15, -0.1) is 0 Å². The van der Waals surface area contributed by atoms with E-state index in [1.807, 2.05) is 49.4 Å². The number of hydrogen-bond acceptors (Lipinski definition) is 5. The molecule has 0 amide bonds. The Kier molecular flexibility index (Phi) is 6.01. The summed E-state index contributed by atoms with van der Waals surface area (Å²) >= 11 is 6.70. The van der Waals surface area contributed by atoms with Crippen molar-refractivity contribution in [2.75, 3.05) is 7.11 Å². The third kappa shape index (κ3) is 3.96. The van der Waals surface area contributed by atoms with Crippen molar-refractivity contribution in [1.29, 1.82) is 0 Å². The Morgan fingerprint density at radius 1 is 0.921 bits per heavy atom. The molecule has 6 heteroatoms. The topological polar surface area (TPSA) is 64.6 Å². The van der Waals surface area contributed by atoms with Crippen LogP contribution in [-0.4, -0.2) is 18.9 Å². The van der Waals surface area contributed by atoms with E-state index < -0.39 is 11.9 Å². The number of rotatable bonds is 5. The zero-order valence-electron chi connectivity index (χ0n) is 20.9. The minimum absolute atomic E-state index is 0.116. The Morgan fingerprint density at radius 3 is 2.42 bits per heavy atom. The molecule has 0 saturated heterocycles. The van der Waals surface area contributed by atoms with Gasteiger partial charge in [0, 0.05) is 28.3 Å². The largest absolute Gasteiger partial charge is 0.487 e. The SMILES string of the molecule is COC(=O)C1=C(C)NC2=C(C(=O)c3ccccc32)[C@@H]1c1ccc(OCc2ccc3ccccc3c2)c(Cl)c1. The van der Waals surface area contributed by atoms with Crippen LogP contribution in [0.4, 0.5) is 0 Å². The van der Waals surface area contributed by atoms with Gasteiger partial charge in [-0.25, -0.2) is 4.79 Å². The van der Waals surface area contributed by atoms with E-state index in [4.69, 9.17) is 21.1 Å². The molecular weight excluding hydrogens is 498 g/mol. The second-order valence-corrected chi connectivity index (χ2v) is 9.82. The van der Waals surface area contributed by atoms with Crippen molar-refractivity contribution in [3.8, 4) is 5.75 Å². The van der Waals surface area contributed by atoms with Gasteiger partial charge in [-0.2, -0.15) is 0 Å². The average molecular weight is 522 g/mol. The monoisotopic (exact) mass is 521 g/mol. The maximum absolute atomic E-state index is 13.6. The first-order chi connectivity index (χ1) is 18.5. The highest BCUT2D eigenvalue weighted by Gasteiger charge is 2.42. The quantitative estimate of drug-likeness (QED) is 0.292. The van der Waals surface area contributed by atoms with Crippen molar-refractivity contribution in [3.63, 3.8) is 0 Å². The predicted octanol–water partition coefficient (Wildman–Crippen LogP) is 6.81. The standard InChI is InChI=1S/C32H24ClNO4/c1-18-27(32(36)37-2)28(29-30(34-18)23-9-5-6-10-24(23)31(29)35)22-13-14-26(25(33)16-22)38-17-19-11-12-20-7-3-4-8-21(20)15-19/h3-16,28,34H,17H2,1-2H3/t28-/m1/s1. The molecule has 4 aromatic rings. The van der Waals surface area contributed by atoms with E-state index in [0.29, 0.717) is 51.0 Å². The van der Waals surface area contributed by atoms with Gasteiger partial charge in [-0.05, 0) is 47.0 Å². The normalized spacial score (nSPS) is 16.3. The number of carbonyl (C=O) groups is 2. The molecule has 0 spiro atoms. The number of benzene rings is 4. The van der Waals surface area contributed by atoms with Crippen molar-refractivity contribution < 1.29 is 19.1 Å². The van der Waals surface area contributed by atoms with Crippen LogP contribution in [0.15, 0.2) is 102 Å². The van der Waals surface area contributed by atoms with Crippen LogP contribution in [0.1, 0.15) is 39.9 Å². The number of methoxy groups -OCH3 is 1. The van der Waals surface area contributed by atoms with E-state index in [1.54, 1.807) is 18.2 Å². The molecule has 1 heterocycles. The number of ether oxygens (including phenoxy) is 2. The molecule has 0 aromatic heterocycles. The number of dihydropyridines is 1. The molecule has 4 aromatic carbocycles. The number of allylic oxidation sites excluding steroid dienone is 2. The van der Waals surface area contributed by atoms with Crippen LogP contribution in [0.2, 0.25) is 5.02 Å². The molecule has 1 aliphatic heterocycles. The van der Waals surface area contributed by atoms with Crippen LogP contribution >= 0.6 is 11.6 Å². The molecule has 1 N–H and O–H groups in total. The second kappa shape index (κ2) is 9.51. The summed E-state index contributed by atoms with van der Waals surface area (Å²) in [5, 5.41) is 6.00. The molecular formula is C32H24ClNO4. The van der Waals surface area contributed by atoms with Crippen LogP contribution in [0.5, 0.6) is 5.75 Å². The molecule has 0 saturated carbocycles. The predicted molar refractivity (Wildman–Crippen MR) is 148 cm³/mol. The molecule has 6 rings (SSSR count). The maximum atomic E-state index is 13.6. The number of ketones is 1. The Labute approximate surface area is 225 Å². The summed E-state index contributed by atoms with van der Waals surface area (Å²) in [6, 6.07) is 27.2. The Morgan fingerprint density at radius 2 is 1.66 bits per heavy atom.